The third-order valence-corrected chi connectivity index (χ3v) is 3.69. The molecule has 0 aliphatic carbocycles. The molecule has 1 atom stereocenters. The first-order chi connectivity index (χ1) is 9.75. The molecule has 1 amide bonds. The molecule has 2 aromatic carbocycles. The molecule has 0 saturated carbocycles. The van der Waals surface area contributed by atoms with Gasteiger partial charge in [0.2, 0.25) is 0 Å². The molecule has 1 saturated heterocycles. The van der Waals surface area contributed by atoms with Crippen LogP contribution in [-0.2, 0) is 4.74 Å². The highest BCUT2D eigenvalue weighted by Crippen LogP contribution is 2.22. The molecule has 2 aromatic rings. The van der Waals surface area contributed by atoms with Crippen molar-refractivity contribution in [1.29, 1.82) is 0 Å². The minimum Gasteiger partial charge on any atom is -0.381 e. The van der Waals surface area contributed by atoms with Gasteiger partial charge in [-0.25, -0.2) is 4.39 Å². The third kappa shape index (κ3) is 2.51. The van der Waals surface area contributed by atoms with Gasteiger partial charge >= 0.3 is 0 Å². The largest absolute Gasteiger partial charge is 0.381 e. The molecule has 1 N–H and O–H groups in total. The van der Waals surface area contributed by atoms with Gasteiger partial charge in [-0.2, -0.15) is 0 Å². The molecule has 0 aromatic heterocycles. The van der Waals surface area contributed by atoms with E-state index in [4.69, 9.17) is 4.74 Å². The van der Waals surface area contributed by atoms with E-state index >= 15 is 0 Å². The SMILES string of the molecule is O=C(NCC1CCOC1)c1ccc(F)c2ccccc12. The van der Waals surface area contributed by atoms with E-state index in [9.17, 15) is 9.18 Å². The van der Waals surface area contributed by atoms with Crippen LogP contribution in [0.15, 0.2) is 36.4 Å². The average Bonchev–Trinajstić information content (AvgIpc) is 2.99. The summed E-state index contributed by atoms with van der Waals surface area (Å²) in [7, 11) is 0. The number of benzene rings is 2. The first-order valence-corrected chi connectivity index (χ1v) is 6.79. The molecule has 1 aliphatic rings. The number of halogens is 1. The van der Waals surface area contributed by atoms with Gasteiger partial charge in [-0.15, -0.1) is 0 Å². The van der Waals surface area contributed by atoms with Crippen molar-refractivity contribution >= 4 is 16.7 Å². The van der Waals surface area contributed by atoms with Crippen LogP contribution in [0.1, 0.15) is 16.8 Å². The number of carbonyl (C=O) groups is 1. The van der Waals surface area contributed by atoms with Crippen LogP contribution in [0.25, 0.3) is 10.8 Å². The van der Waals surface area contributed by atoms with E-state index < -0.39 is 0 Å². The standard InChI is InChI=1S/C16H16FNO2/c17-15-6-5-14(12-3-1-2-4-13(12)15)16(19)18-9-11-7-8-20-10-11/h1-6,11H,7-10H2,(H,18,19). The Morgan fingerprint density at radius 3 is 2.80 bits per heavy atom. The Morgan fingerprint density at radius 1 is 1.25 bits per heavy atom. The summed E-state index contributed by atoms with van der Waals surface area (Å²) in [6, 6.07) is 9.92. The zero-order valence-electron chi connectivity index (χ0n) is 11.1. The van der Waals surface area contributed by atoms with Crippen LogP contribution in [0, 0.1) is 11.7 Å². The molecule has 1 unspecified atom stereocenters. The minimum atomic E-state index is -0.304. The highest BCUT2D eigenvalue weighted by Gasteiger charge is 2.18. The summed E-state index contributed by atoms with van der Waals surface area (Å²) in [5, 5.41) is 4.03. The maximum absolute atomic E-state index is 13.7. The highest BCUT2D eigenvalue weighted by molar-refractivity contribution is 6.07. The number of carbonyl (C=O) groups excluding carboxylic acids is 1. The first-order valence-electron chi connectivity index (χ1n) is 6.79. The van der Waals surface area contributed by atoms with Gasteiger partial charge in [0.1, 0.15) is 5.82 Å². The quantitative estimate of drug-likeness (QED) is 0.933. The summed E-state index contributed by atoms with van der Waals surface area (Å²) in [4.78, 5) is 12.3. The second-order valence-corrected chi connectivity index (χ2v) is 5.08. The molecular formula is C16H16FNO2. The van der Waals surface area contributed by atoms with Crippen molar-refractivity contribution < 1.29 is 13.9 Å². The van der Waals surface area contributed by atoms with Crippen LogP contribution in [0.5, 0.6) is 0 Å². The smallest absolute Gasteiger partial charge is 0.251 e. The maximum Gasteiger partial charge on any atom is 0.251 e. The normalized spacial score (nSPS) is 18.4. The predicted octanol–water partition coefficient (Wildman–Crippen LogP) is 2.75. The van der Waals surface area contributed by atoms with E-state index in [2.05, 4.69) is 5.32 Å². The second kappa shape index (κ2) is 5.59. The second-order valence-electron chi connectivity index (χ2n) is 5.08. The van der Waals surface area contributed by atoms with E-state index in [-0.39, 0.29) is 11.7 Å². The summed E-state index contributed by atoms with van der Waals surface area (Å²) in [5.41, 5.74) is 0.515. The van der Waals surface area contributed by atoms with Crippen molar-refractivity contribution in [2.75, 3.05) is 19.8 Å². The number of fused-ring (bicyclic) bond motifs is 1. The molecule has 3 nitrogen and oxygen atoms in total. The van der Waals surface area contributed by atoms with Crippen LogP contribution >= 0.6 is 0 Å². The highest BCUT2D eigenvalue weighted by atomic mass is 19.1. The predicted molar refractivity (Wildman–Crippen MR) is 75.2 cm³/mol. The summed E-state index contributed by atoms with van der Waals surface area (Å²) in [6.45, 7) is 2.06. The lowest BCUT2D eigenvalue weighted by Crippen LogP contribution is -2.29. The average molecular weight is 273 g/mol. The molecular weight excluding hydrogens is 257 g/mol. The Labute approximate surface area is 116 Å². The van der Waals surface area contributed by atoms with Crippen molar-refractivity contribution in [3.63, 3.8) is 0 Å². The van der Waals surface area contributed by atoms with Gasteiger partial charge in [0, 0.05) is 30.0 Å². The molecule has 0 radical (unpaired) electrons. The number of rotatable bonds is 3. The van der Waals surface area contributed by atoms with Gasteiger partial charge in [-0.1, -0.05) is 24.3 Å². The number of hydrogen-bond donors (Lipinski definition) is 1. The minimum absolute atomic E-state index is 0.159. The Kier molecular flexibility index (Phi) is 3.65. The fraction of sp³-hybridized carbons (Fsp3) is 0.312. The first kappa shape index (κ1) is 13.1. The number of hydrogen-bond acceptors (Lipinski definition) is 2. The molecule has 4 heteroatoms. The topological polar surface area (TPSA) is 38.3 Å². The summed E-state index contributed by atoms with van der Waals surface area (Å²) < 4.78 is 19.0. The number of ether oxygens (including phenoxy) is 1. The Bertz CT molecular complexity index is 635. The molecule has 1 heterocycles. The van der Waals surface area contributed by atoms with E-state index in [1.54, 1.807) is 18.2 Å². The molecule has 20 heavy (non-hydrogen) atoms. The molecule has 0 spiro atoms. The Hall–Kier alpha value is -1.94. The van der Waals surface area contributed by atoms with Crippen LogP contribution in [0.2, 0.25) is 0 Å². The lowest BCUT2D eigenvalue weighted by Gasteiger charge is -2.11. The van der Waals surface area contributed by atoms with Gasteiger partial charge in [0.15, 0.2) is 0 Å². The Morgan fingerprint density at radius 2 is 2.05 bits per heavy atom. The van der Waals surface area contributed by atoms with Gasteiger partial charge in [-0.3, -0.25) is 4.79 Å². The van der Waals surface area contributed by atoms with E-state index in [1.165, 1.54) is 12.1 Å². The molecule has 1 fully saturated rings. The van der Waals surface area contributed by atoms with E-state index in [1.807, 2.05) is 6.07 Å². The van der Waals surface area contributed by atoms with E-state index in [0.717, 1.165) is 13.0 Å². The van der Waals surface area contributed by atoms with Crippen LogP contribution < -0.4 is 5.32 Å². The fourth-order valence-electron chi connectivity index (χ4n) is 2.54. The summed E-state index contributed by atoms with van der Waals surface area (Å²) in [6.07, 6.45) is 0.977. The summed E-state index contributed by atoms with van der Waals surface area (Å²) >= 11 is 0. The number of amides is 1. The van der Waals surface area contributed by atoms with Crippen molar-refractivity contribution in [3.8, 4) is 0 Å². The molecule has 1 aliphatic heterocycles. The molecule has 0 bridgehead atoms. The van der Waals surface area contributed by atoms with Gasteiger partial charge in [0.05, 0.1) is 6.61 Å². The zero-order valence-corrected chi connectivity index (χ0v) is 11.1. The summed E-state index contributed by atoms with van der Waals surface area (Å²) in [5.74, 6) is -0.0832. The Balaban J connectivity index is 1.82. The monoisotopic (exact) mass is 273 g/mol. The molecule has 3 rings (SSSR count). The van der Waals surface area contributed by atoms with E-state index in [0.29, 0.717) is 35.4 Å². The third-order valence-electron chi connectivity index (χ3n) is 3.69. The zero-order chi connectivity index (χ0) is 13.9. The fourth-order valence-corrected chi connectivity index (χ4v) is 2.54. The van der Waals surface area contributed by atoms with Crippen molar-refractivity contribution in [2.45, 2.75) is 6.42 Å². The maximum atomic E-state index is 13.7. The van der Waals surface area contributed by atoms with Gasteiger partial charge < -0.3 is 10.1 Å². The lowest BCUT2D eigenvalue weighted by atomic mass is 10.0. The van der Waals surface area contributed by atoms with Crippen molar-refractivity contribution in [3.05, 3.63) is 47.8 Å². The number of nitrogens with one attached hydrogen (secondary N) is 1. The van der Waals surface area contributed by atoms with Crippen molar-refractivity contribution in [1.82, 2.24) is 5.32 Å². The lowest BCUT2D eigenvalue weighted by molar-refractivity contribution is 0.0946. The van der Waals surface area contributed by atoms with Gasteiger partial charge in [0.25, 0.3) is 5.91 Å². The van der Waals surface area contributed by atoms with Crippen molar-refractivity contribution in [2.24, 2.45) is 5.92 Å². The van der Waals surface area contributed by atoms with Gasteiger partial charge in [-0.05, 0) is 23.9 Å². The van der Waals surface area contributed by atoms with Crippen LogP contribution in [0.4, 0.5) is 4.39 Å². The molecule has 104 valence electrons. The van der Waals surface area contributed by atoms with Crippen LogP contribution in [-0.4, -0.2) is 25.7 Å². The van der Waals surface area contributed by atoms with Crippen LogP contribution in [0.3, 0.4) is 0 Å².